The second-order valence-corrected chi connectivity index (χ2v) is 7.08. The summed E-state index contributed by atoms with van der Waals surface area (Å²) < 4.78 is 10.8. The van der Waals surface area contributed by atoms with Crippen LogP contribution in [0.3, 0.4) is 0 Å². The number of ether oxygens (including phenoxy) is 2. The molecule has 2 heterocycles. The van der Waals surface area contributed by atoms with Gasteiger partial charge in [-0.3, -0.25) is 9.89 Å². The first-order valence-corrected chi connectivity index (χ1v) is 9.67. The molecule has 1 N–H and O–H groups in total. The Morgan fingerprint density at radius 1 is 1.38 bits per heavy atom. The minimum absolute atomic E-state index is 0.113. The van der Waals surface area contributed by atoms with E-state index in [-0.39, 0.29) is 11.8 Å². The molecule has 0 unspecified atom stereocenters. The first-order valence-electron chi connectivity index (χ1n) is 8.68. The van der Waals surface area contributed by atoms with Crippen LogP contribution in [0.5, 0.6) is 11.5 Å². The van der Waals surface area contributed by atoms with Crippen molar-refractivity contribution in [2.24, 2.45) is 0 Å². The third-order valence-corrected chi connectivity index (χ3v) is 5.42. The molecule has 1 aromatic heterocycles. The van der Waals surface area contributed by atoms with Crippen LogP contribution in [0.4, 0.5) is 0 Å². The number of carbonyl (C=O) groups is 1. The second-order valence-electron chi connectivity index (χ2n) is 6.14. The lowest BCUT2D eigenvalue weighted by atomic mass is 9.97. The van der Waals surface area contributed by atoms with E-state index in [1.165, 1.54) is 11.8 Å². The number of aromatic nitrogens is 3. The minimum Gasteiger partial charge on any atom is -0.497 e. The van der Waals surface area contributed by atoms with Gasteiger partial charge in [-0.25, -0.2) is 4.98 Å². The van der Waals surface area contributed by atoms with E-state index in [4.69, 9.17) is 9.47 Å². The number of hydrogen-bond donors (Lipinski definition) is 1. The second kappa shape index (κ2) is 8.44. The number of benzene rings is 1. The molecule has 7 nitrogen and oxygen atoms in total. The molecule has 0 aliphatic carbocycles. The van der Waals surface area contributed by atoms with Gasteiger partial charge < -0.3 is 14.4 Å². The van der Waals surface area contributed by atoms with Gasteiger partial charge in [-0.05, 0) is 24.6 Å². The molecule has 1 atom stereocenters. The lowest BCUT2D eigenvalue weighted by molar-refractivity contribution is -0.127. The Hall–Kier alpha value is -2.22. The van der Waals surface area contributed by atoms with Crippen LogP contribution in [0.1, 0.15) is 30.7 Å². The van der Waals surface area contributed by atoms with Crippen molar-refractivity contribution in [3.63, 3.8) is 0 Å². The Morgan fingerprint density at radius 3 is 2.92 bits per heavy atom. The van der Waals surface area contributed by atoms with Crippen molar-refractivity contribution in [1.82, 2.24) is 20.1 Å². The summed E-state index contributed by atoms with van der Waals surface area (Å²) in [5.41, 5.74) is 1.09. The summed E-state index contributed by atoms with van der Waals surface area (Å²) in [5.74, 6) is 3.20. The van der Waals surface area contributed by atoms with Crippen LogP contribution in [0.25, 0.3) is 0 Å². The van der Waals surface area contributed by atoms with Crippen molar-refractivity contribution in [3.8, 4) is 11.5 Å². The van der Waals surface area contributed by atoms with Gasteiger partial charge in [0.15, 0.2) is 0 Å². The van der Waals surface area contributed by atoms with Gasteiger partial charge in [0, 0.05) is 31.0 Å². The predicted molar refractivity (Wildman–Crippen MR) is 100.0 cm³/mol. The van der Waals surface area contributed by atoms with Crippen LogP contribution in [0.15, 0.2) is 23.4 Å². The monoisotopic (exact) mass is 376 g/mol. The largest absolute Gasteiger partial charge is 0.497 e. The number of aromatic amines is 1. The zero-order valence-electron chi connectivity index (χ0n) is 15.3. The van der Waals surface area contributed by atoms with Crippen LogP contribution < -0.4 is 9.47 Å². The lowest BCUT2D eigenvalue weighted by Crippen LogP contribution is -2.30. The molecular weight excluding hydrogens is 352 g/mol. The first kappa shape index (κ1) is 18.6. The zero-order valence-corrected chi connectivity index (χ0v) is 16.1. The summed E-state index contributed by atoms with van der Waals surface area (Å²) in [6, 6.07) is 5.81. The highest BCUT2D eigenvalue weighted by Crippen LogP contribution is 2.36. The molecule has 1 fully saturated rings. The predicted octanol–water partition coefficient (Wildman–Crippen LogP) is 2.49. The number of rotatable bonds is 7. The van der Waals surface area contributed by atoms with Gasteiger partial charge in [0.2, 0.25) is 11.1 Å². The SMILES string of the molecule is CCc1nc(SCC(=O)N2CC[C@@H](c3cc(OC)ccc3OC)C2)n[nH]1. The highest BCUT2D eigenvalue weighted by Gasteiger charge is 2.29. The maximum Gasteiger partial charge on any atom is 0.233 e. The zero-order chi connectivity index (χ0) is 18.5. The van der Waals surface area contributed by atoms with E-state index in [0.717, 1.165) is 42.3 Å². The number of likely N-dealkylation sites (tertiary alicyclic amines) is 1. The van der Waals surface area contributed by atoms with Crippen LogP contribution in [0, 0.1) is 0 Å². The summed E-state index contributed by atoms with van der Waals surface area (Å²) >= 11 is 1.37. The average molecular weight is 376 g/mol. The van der Waals surface area contributed by atoms with Crippen LogP contribution in [0.2, 0.25) is 0 Å². The quantitative estimate of drug-likeness (QED) is 0.748. The molecule has 1 saturated heterocycles. The summed E-state index contributed by atoms with van der Waals surface area (Å²) in [4.78, 5) is 18.8. The summed E-state index contributed by atoms with van der Waals surface area (Å²) in [6.07, 6.45) is 1.72. The molecule has 2 aromatic rings. The maximum absolute atomic E-state index is 12.5. The lowest BCUT2D eigenvalue weighted by Gasteiger charge is -2.18. The number of H-pyrrole nitrogens is 1. The normalized spacial score (nSPS) is 16.7. The Bertz CT molecular complexity index is 765. The van der Waals surface area contributed by atoms with E-state index in [0.29, 0.717) is 17.5 Å². The van der Waals surface area contributed by atoms with Gasteiger partial charge in [-0.15, -0.1) is 5.10 Å². The standard InChI is InChI=1S/C18H24N4O3S/c1-4-16-19-18(21-20-16)26-11-17(23)22-8-7-12(10-22)14-9-13(24-2)5-6-15(14)25-3/h5-6,9,12H,4,7-8,10-11H2,1-3H3,(H,19,20,21)/t12-/m1/s1. The third kappa shape index (κ3) is 4.12. The van der Waals surface area contributed by atoms with E-state index in [2.05, 4.69) is 15.2 Å². The number of amides is 1. The number of nitrogens with one attached hydrogen (secondary N) is 1. The fourth-order valence-corrected chi connectivity index (χ4v) is 3.84. The van der Waals surface area contributed by atoms with Gasteiger partial charge >= 0.3 is 0 Å². The Labute approximate surface area is 157 Å². The molecule has 26 heavy (non-hydrogen) atoms. The molecule has 1 aromatic carbocycles. The average Bonchev–Trinajstić information content (AvgIpc) is 3.35. The van der Waals surface area contributed by atoms with Crippen molar-refractivity contribution in [1.29, 1.82) is 0 Å². The van der Waals surface area contributed by atoms with Crippen LogP contribution in [-0.4, -0.2) is 59.1 Å². The highest BCUT2D eigenvalue weighted by molar-refractivity contribution is 7.99. The van der Waals surface area contributed by atoms with Crippen LogP contribution >= 0.6 is 11.8 Å². The molecule has 0 spiro atoms. The van der Waals surface area contributed by atoms with Crippen LogP contribution in [-0.2, 0) is 11.2 Å². The van der Waals surface area contributed by atoms with Gasteiger partial charge in [-0.1, -0.05) is 18.7 Å². The Morgan fingerprint density at radius 2 is 2.23 bits per heavy atom. The number of methoxy groups -OCH3 is 2. The molecule has 0 radical (unpaired) electrons. The minimum atomic E-state index is 0.113. The van der Waals surface area contributed by atoms with Gasteiger partial charge in [0.05, 0.1) is 20.0 Å². The van der Waals surface area contributed by atoms with E-state index in [1.807, 2.05) is 30.0 Å². The maximum atomic E-state index is 12.5. The third-order valence-electron chi connectivity index (χ3n) is 4.59. The van der Waals surface area contributed by atoms with Crippen molar-refractivity contribution < 1.29 is 14.3 Å². The van der Waals surface area contributed by atoms with Gasteiger partial charge in [-0.2, -0.15) is 0 Å². The highest BCUT2D eigenvalue weighted by atomic mass is 32.2. The van der Waals surface area contributed by atoms with Gasteiger partial charge in [0.25, 0.3) is 0 Å². The molecule has 3 rings (SSSR count). The summed E-state index contributed by atoms with van der Waals surface area (Å²) in [6.45, 7) is 3.45. The molecule has 0 saturated carbocycles. The Kier molecular flexibility index (Phi) is 6.03. The summed E-state index contributed by atoms with van der Waals surface area (Å²) in [5, 5.41) is 7.61. The van der Waals surface area contributed by atoms with Crippen molar-refractivity contribution >= 4 is 17.7 Å². The molecule has 1 amide bonds. The van der Waals surface area contributed by atoms with Crippen molar-refractivity contribution in [2.45, 2.75) is 30.8 Å². The molecule has 1 aliphatic rings. The molecule has 1 aliphatic heterocycles. The van der Waals surface area contributed by atoms with E-state index in [1.54, 1.807) is 14.2 Å². The number of nitrogens with zero attached hydrogens (tertiary/aromatic N) is 3. The topological polar surface area (TPSA) is 80.3 Å². The Balaban J connectivity index is 1.60. The fraction of sp³-hybridized carbons (Fsp3) is 0.500. The molecule has 0 bridgehead atoms. The van der Waals surface area contributed by atoms with Gasteiger partial charge in [0.1, 0.15) is 17.3 Å². The smallest absolute Gasteiger partial charge is 0.233 e. The van der Waals surface area contributed by atoms with Crippen molar-refractivity contribution in [2.75, 3.05) is 33.1 Å². The fourth-order valence-electron chi connectivity index (χ4n) is 3.12. The van der Waals surface area contributed by atoms with E-state index < -0.39 is 0 Å². The number of thioether (sulfide) groups is 1. The molecular formula is C18H24N4O3S. The summed E-state index contributed by atoms with van der Waals surface area (Å²) in [7, 11) is 3.32. The number of hydrogen-bond acceptors (Lipinski definition) is 6. The number of carbonyl (C=O) groups excluding carboxylic acids is 1. The van der Waals surface area contributed by atoms with E-state index >= 15 is 0 Å². The van der Waals surface area contributed by atoms with E-state index in [9.17, 15) is 4.79 Å². The molecule has 8 heteroatoms. The molecule has 140 valence electrons. The number of aryl methyl sites for hydroxylation is 1. The first-order chi connectivity index (χ1) is 12.6. The van der Waals surface area contributed by atoms with Crippen molar-refractivity contribution in [3.05, 3.63) is 29.6 Å².